The number of halogens is 2. The fourth-order valence-electron chi connectivity index (χ4n) is 4.32. The number of benzene rings is 2. The van der Waals surface area contributed by atoms with Crippen LogP contribution in [0, 0.1) is 40.2 Å². The first-order valence-electron chi connectivity index (χ1n) is 10.5. The standard InChI is InChI=1S/C24H21F2N3O3/c25-19-10-15(13-27)9-17(11-19)23-7-8-31-29(23)24(30)16-1-3-20(4-2-16)32-21-5-6-22(26)18(12-21)14-28/h5-6,9-12,16,20,23H,1-4,7-8H2/t16-,20+,23-/m0/s1. The summed E-state index contributed by atoms with van der Waals surface area (Å²) in [6.45, 7) is 0.346. The molecule has 1 aliphatic heterocycles. The Balaban J connectivity index is 1.38. The first kappa shape index (κ1) is 21.7. The molecule has 0 radical (unpaired) electrons. The monoisotopic (exact) mass is 437 g/mol. The number of hydrogen-bond donors (Lipinski definition) is 0. The van der Waals surface area contributed by atoms with E-state index in [2.05, 4.69) is 0 Å². The van der Waals surface area contributed by atoms with Crippen LogP contribution in [0.3, 0.4) is 0 Å². The predicted octanol–water partition coefficient (Wildman–Crippen LogP) is 4.55. The van der Waals surface area contributed by atoms with E-state index in [1.54, 1.807) is 12.1 Å². The molecule has 1 heterocycles. The molecule has 0 aromatic heterocycles. The number of ether oxygens (including phenoxy) is 1. The fourth-order valence-corrected chi connectivity index (χ4v) is 4.32. The molecule has 4 rings (SSSR count). The summed E-state index contributed by atoms with van der Waals surface area (Å²) in [7, 11) is 0. The minimum atomic E-state index is -0.588. The lowest BCUT2D eigenvalue weighted by molar-refractivity contribution is -0.183. The Kier molecular flexibility index (Phi) is 6.34. The number of nitriles is 2. The summed E-state index contributed by atoms with van der Waals surface area (Å²) in [6.07, 6.45) is 2.85. The van der Waals surface area contributed by atoms with Gasteiger partial charge in [0.25, 0.3) is 0 Å². The summed E-state index contributed by atoms with van der Waals surface area (Å²) in [6, 6.07) is 11.5. The third kappa shape index (κ3) is 4.56. The minimum absolute atomic E-state index is 0.0690. The molecule has 0 bridgehead atoms. The van der Waals surface area contributed by atoms with Crippen LogP contribution in [-0.2, 0) is 9.63 Å². The Morgan fingerprint density at radius 3 is 2.53 bits per heavy atom. The first-order valence-corrected chi connectivity index (χ1v) is 10.5. The second kappa shape index (κ2) is 9.33. The highest BCUT2D eigenvalue weighted by molar-refractivity contribution is 5.78. The quantitative estimate of drug-likeness (QED) is 0.700. The molecular formula is C24H21F2N3O3. The van der Waals surface area contributed by atoms with Crippen molar-refractivity contribution in [3.05, 3.63) is 64.7 Å². The summed E-state index contributed by atoms with van der Waals surface area (Å²) >= 11 is 0. The molecule has 2 aliphatic rings. The Morgan fingerprint density at radius 2 is 1.81 bits per heavy atom. The van der Waals surface area contributed by atoms with E-state index in [9.17, 15) is 13.6 Å². The van der Waals surface area contributed by atoms with E-state index in [1.165, 1.54) is 29.3 Å². The van der Waals surface area contributed by atoms with Gasteiger partial charge in [-0.3, -0.25) is 9.63 Å². The highest BCUT2D eigenvalue weighted by Gasteiger charge is 2.37. The van der Waals surface area contributed by atoms with Gasteiger partial charge >= 0.3 is 0 Å². The molecule has 1 saturated carbocycles. The molecular weight excluding hydrogens is 416 g/mol. The van der Waals surface area contributed by atoms with Crippen LogP contribution in [0.2, 0.25) is 0 Å². The van der Waals surface area contributed by atoms with Crippen molar-refractivity contribution in [1.82, 2.24) is 5.06 Å². The van der Waals surface area contributed by atoms with Crippen LogP contribution in [-0.4, -0.2) is 23.7 Å². The minimum Gasteiger partial charge on any atom is -0.490 e. The Bertz CT molecular complexity index is 1100. The summed E-state index contributed by atoms with van der Waals surface area (Å²) in [5.74, 6) is -1.07. The van der Waals surface area contributed by atoms with E-state index < -0.39 is 17.7 Å². The molecule has 1 saturated heterocycles. The van der Waals surface area contributed by atoms with Gasteiger partial charge in [-0.1, -0.05) is 0 Å². The second-order valence-corrected chi connectivity index (χ2v) is 8.03. The van der Waals surface area contributed by atoms with E-state index in [-0.39, 0.29) is 29.1 Å². The van der Waals surface area contributed by atoms with E-state index >= 15 is 0 Å². The maximum Gasteiger partial charge on any atom is 0.249 e. The van der Waals surface area contributed by atoms with Crippen LogP contribution in [0.1, 0.15) is 54.8 Å². The summed E-state index contributed by atoms with van der Waals surface area (Å²) in [5, 5.41) is 19.4. The van der Waals surface area contributed by atoms with Gasteiger partial charge in [0.05, 0.1) is 35.9 Å². The van der Waals surface area contributed by atoms with Gasteiger partial charge in [-0.15, -0.1) is 0 Å². The lowest BCUT2D eigenvalue weighted by atomic mass is 9.86. The number of amides is 1. The van der Waals surface area contributed by atoms with Crippen molar-refractivity contribution in [1.29, 1.82) is 10.5 Å². The molecule has 6 nitrogen and oxygen atoms in total. The molecule has 1 amide bonds. The van der Waals surface area contributed by atoms with Crippen molar-refractivity contribution in [3.8, 4) is 17.9 Å². The normalized spacial score (nSPS) is 22.8. The summed E-state index contributed by atoms with van der Waals surface area (Å²) < 4.78 is 33.3. The van der Waals surface area contributed by atoms with Crippen molar-refractivity contribution in [2.45, 2.75) is 44.2 Å². The molecule has 8 heteroatoms. The topological polar surface area (TPSA) is 86.3 Å². The van der Waals surface area contributed by atoms with Gasteiger partial charge in [0.2, 0.25) is 5.91 Å². The zero-order chi connectivity index (χ0) is 22.7. The van der Waals surface area contributed by atoms with Crippen LogP contribution in [0.5, 0.6) is 5.75 Å². The summed E-state index contributed by atoms with van der Waals surface area (Å²) in [4.78, 5) is 18.7. The van der Waals surface area contributed by atoms with Crippen molar-refractivity contribution in [2.24, 2.45) is 5.92 Å². The van der Waals surface area contributed by atoms with Gasteiger partial charge in [-0.25, -0.2) is 13.8 Å². The molecule has 1 aliphatic carbocycles. The van der Waals surface area contributed by atoms with Crippen LogP contribution >= 0.6 is 0 Å². The van der Waals surface area contributed by atoms with E-state index in [0.717, 1.165) is 6.07 Å². The maximum absolute atomic E-state index is 13.9. The Morgan fingerprint density at radius 1 is 1.03 bits per heavy atom. The maximum atomic E-state index is 13.9. The molecule has 2 fully saturated rings. The van der Waals surface area contributed by atoms with Crippen LogP contribution in [0.25, 0.3) is 0 Å². The lowest BCUT2D eigenvalue weighted by Gasteiger charge is -2.32. The van der Waals surface area contributed by atoms with E-state index in [1.807, 2.05) is 6.07 Å². The smallest absolute Gasteiger partial charge is 0.249 e. The first-order chi connectivity index (χ1) is 15.5. The molecule has 0 unspecified atom stereocenters. The van der Waals surface area contributed by atoms with Crippen molar-refractivity contribution >= 4 is 5.91 Å². The molecule has 0 spiro atoms. The highest BCUT2D eigenvalue weighted by Crippen LogP contribution is 2.36. The number of hydroxylamine groups is 2. The van der Waals surface area contributed by atoms with Crippen molar-refractivity contribution in [2.75, 3.05) is 6.61 Å². The van der Waals surface area contributed by atoms with Gasteiger partial charge in [-0.2, -0.15) is 10.5 Å². The average molecular weight is 437 g/mol. The molecule has 164 valence electrons. The SMILES string of the molecule is N#Cc1cc(F)cc([C@@H]2CCON2C(=O)[C@H]2CC[C@@H](Oc3ccc(F)c(C#N)c3)CC2)c1. The van der Waals surface area contributed by atoms with Crippen molar-refractivity contribution in [3.63, 3.8) is 0 Å². The van der Waals surface area contributed by atoms with Crippen LogP contribution in [0.4, 0.5) is 8.78 Å². The number of carbonyl (C=O) groups is 1. The number of nitrogens with zero attached hydrogens (tertiary/aromatic N) is 3. The van der Waals surface area contributed by atoms with Crippen LogP contribution in [0.15, 0.2) is 36.4 Å². The molecule has 1 atom stereocenters. The van der Waals surface area contributed by atoms with Gasteiger partial charge in [0.1, 0.15) is 23.5 Å². The van der Waals surface area contributed by atoms with Gasteiger partial charge in [-0.05, 0) is 61.6 Å². The fraction of sp³-hybridized carbons (Fsp3) is 0.375. The lowest BCUT2D eigenvalue weighted by Crippen LogP contribution is -2.38. The Hall–Kier alpha value is -3.49. The third-order valence-corrected chi connectivity index (χ3v) is 5.94. The van der Waals surface area contributed by atoms with E-state index in [4.69, 9.17) is 20.1 Å². The molecule has 2 aromatic rings. The molecule has 32 heavy (non-hydrogen) atoms. The van der Waals surface area contributed by atoms with Crippen LogP contribution < -0.4 is 4.74 Å². The highest BCUT2D eigenvalue weighted by atomic mass is 19.1. The van der Waals surface area contributed by atoms with E-state index in [0.29, 0.717) is 50.0 Å². The second-order valence-electron chi connectivity index (χ2n) is 8.03. The zero-order valence-electron chi connectivity index (χ0n) is 17.3. The van der Waals surface area contributed by atoms with Gasteiger partial charge in [0.15, 0.2) is 0 Å². The largest absolute Gasteiger partial charge is 0.490 e. The molecule has 0 N–H and O–H groups in total. The summed E-state index contributed by atoms with van der Waals surface area (Å²) in [5.41, 5.74) is 0.687. The van der Waals surface area contributed by atoms with Gasteiger partial charge in [0, 0.05) is 18.4 Å². The average Bonchev–Trinajstić information content (AvgIpc) is 3.30. The third-order valence-electron chi connectivity index (χ3n) is 5.94. The number of carbonyl (C=O) groups excluding carboxylic acids is 1. The number of hydrogen-bond acceptors (Lipinski definition) is 5. The van der Waals surface area contributed by atoms with Gasteiger partial charge < -0.3 is 4.74 Å². The van der Waals surface area contributed by atoms with Crippen molar-refractivity contribution < 1.29 is 23.1 Å². The number of rotatable bonds is 4. The predicted molar refractivity (Wildman–Crippen MR) is 109 cm³/mol. The molecule has 2 aromatic carbocycles. The zero-order valence-corrected chi connectivity index (χ0v) is 17.3. The Labute approximate surface area is 184 Å².